The Hall–Kier alpha value is -3.21. The third-order valence-corrected chi connectivity index (χ3v) is 4.86. The second-order valence-electron chi connectivity index (χ2n) is 7.11. The van der Waals surface area contributed by atoms with E-state index in [-0.39, 0.29) is 5.91 Å². The molecule has 1 aromatic carbocycles. The minimum Gasteiger partial charge on any atom is -0.369 e. The number of pyridine rings is 2. The van der Waals surface area contributed by atoms with Crippen LogP contribution in [0.5, 0.6) is 0 Å². The van der Waals surface area contributed by atoms with E-state index in [0.29, 0.717) is 30.3 Å². The van der Waals surface area contributed by atoms with Crippen molar-refractivity contribution < 1.29 is 4.79 Å². The van der Waals surface area contributed by atoms with Gasteiger partial charge in [-0.1, -0.05) is 36.4 Å². The highest BCUT2D eigenvalue weighted by molar-refractivity contribution is 5.99. The lowest BCUT2D eigenvalue weighted by Gasteiger charge is -2.13. The van der Waals surface area contributed by atoms with Crippen molar-refractivity contribution in [3.05, 3.63) is 78.1 Å². The summed E-state index contributed by atoms with van der Waals surface area (Å²) in [5.41, 5.74) is 3.46. The topological polar surface area (TPSA) is 66.9 Å². The third kappa shape index (κ3) is 4.74. The number of hydrogen-bond donors (Lipinski definition) is 2. The van der Waals surface area contributed by atoms with Gasteiger partial charge in [-0.05, 0) is 43.0 Å². The van der Waals surface area contributed by atoms with Crippen molar-refractivity contribution in [2.75, 3.05) is 18.4 Å². The molecule has 28 heavy (non-hydrogen) atoms. The predicted octanol–water partition coefficient (Wildman–Crippen LogP) is 3.94. The fraction of sp³-hybridized carbons (Fsp3) is 0.261. The van der Waals surface area contributed by atoms with E-state index in [4.69, 9.17) is 4.98 Å². The number of amides is 1. The standard InChI is InChI=1S/C23H24N4O/c28-23(25-15-13-19-8-4-5-14-24-19)20-11-12-21(18-6-2-1-3-7-18)27-22(20)26-16-17-9-10-17/h1-8,11-12,14,17H,9-10,13,15-16H2,(H,25,28)(H,26,27). The van der Waals surface area contributed by atoms with E-state index in [9.17, 15) is 4.79 Å². The molecule has 2 heterocycles. The smallest absolute Gasteiger partial charge is 0.255 e. The molecule has 1 saturated carbocycles. The summed E-state index contributed by atoms with van der Waals surface area (Å²) in [6.07, 6.45) is 4.96. The Labute approximate surface area is 165 Å². The maximum atomic E-state index is 12.8. The second-order valence-corrected chi connectivity index (χ2v) is 7.11. The van der Waals surface area contributed by atoms with Crippen molar-refractivity contribution in [1.29, 1.82) is 0 Å². The first-order chi connectivity index (χ1) is 13.8. The molecular weight excluding hydrogens is 348 g/mol. The molecule has 0 spiro atoms. The fourth-order valence-electron chi connectivity index (χ4n) is 3.06. The van der Waals surface area contributed by atoms with E-state index in [0.717, 1.165) is 23.5 Å². The summed E-state index contributed by atoms with van der Waals surface area (Å²) in [6, 6.07) is 19.6. The van der Waals surface area contributed by atoms with Crippen molar-refractivity contribution in [2.24, 2.45) is 5.92 Å². The summed E-state index contributed by atoms with van der Waals surface area (Å²) in [6.45, 7) is 1.40. The van der Waals surface area contributed by atoms with Crippen LogP contribution in [0.1, 0.15) is 28.9 Å². The lowest BCUT2D eigenvalue weighted by molar-refractivity contribution is 0.0954. The largest absolute Gasteiger partial charge is 0.369 e. The summed E-state index contributed by atoms with van der Waals surface area (Å²) in [5, 5.41) is 6.38. The van der Waals surface area contributed by atoms with Crippen LogP contribution >= 0.6 is 0 Å². The third-order valence-electron chi connectivity index (χ3n) is 4.86. The van der Waals surface area contributed by atoms with Gasteiger partial charge in [-0.25, -0.2) is 4.98 Å². The van der Waals surface area contributed by atoms with Crippen LogP contribution in [0.2, 0.25) is 0 Å². The number of anilines is 1. The normalized spacial score (nSPS) is 13.1. The first-order valence-electron chi connectivity index (χ1n) is 9.78. The quantitative estimate of drug-likeness (QED) is 0.629. The maximum absolute atomic E-state index is 12.8. The molecule has 0 radical (unpaired) electrons. The molecule has 142 valence electrons. The monoisotopic (exact) mass is 372 g/mol. The fourth-order valence-corrected chi connectivity index (χ4v) is 3.06. The van der Waals surface area contributed by atoms with Crippen LogP contribution < -0.4 is 10.6 Å². The maximum Gasteiger partial charge on any atom is 0.255 e. The van der Waals surface area contributed by atoms with Crippen LogP contribution in [0.25, 0.3) is 11.3 Å². The van der Waals surface area contributed by atoms with Gasteiger partial charge >= 0.3 is 0 Å². The highest BCUT2D eigenvalue weighted by Crippen LogP contribution is 2.29. The van der Waals surface area contributed by atoms with Crippen LogP contribution in [0.15, 0.2) is 66.9 Å². The number of aromatic nitrogens is 2. The van der Waals surface area contributed by atoms with Crippen LogP contribution in [-0.2, 0) is 6.42 Å². The summed E-state index contributed by atoms with van der Waals surface area (Å²) in [5.74, 6) is 1.24. The minimum absolute atomic E-state index is 0.110. The molecule has 1 amide bonds. The van der Waals surface area contributed by atoms with Crippen molar-refractivity contribution >= 4 is 11.7 Å². The highest BCUT2D eigenvalue weighted by atomic mass is 16.1. The zero-order chi connectivity index (χ0) is 19.2. The summed E-state index contributed by atoms with van der Waals surface area (Å²) < 4.78 is 0. The first-order valence-corrected chi connectivity index (χ1v) is 9.78. The first kappa shape index (κ1) is 18.2. The lowest BCUT2D eigenvalue weighted by Crippen LogP contribution is -2.27. The van der Waals surface area contributed by atoms with E-state index in [1.807, 2.05) is 60.7 Å². The van der Waals surface area contributed by atoms with Gasteiger partial charge in [0.25, 0.3) is 5.91 Å². The van der Waals surface area contributed by atoms with E-state index < -0.39 is 0 Å². The van der Waals surface area contributed by atoms with Crippen LogP contribution in [0.4, 0.5) is 5.82 Å². The summed E-state index contributed by atoms with van der Waals surface area (Å²) >= 11 is 0. The van der Waals surface area contributed by atoms with Gasteiger partial charge in [0, 0.05) is 37.0 Å². The Bertz CT molecular complexity index is 924. The molecular formula is C23H24N4O. The van der Waals surface area contributed by atoms with Crippen LogP contribution in [0, 0.1) is 5.92 Å². The van der Waals surface area contributed by atoms with Crippen LogP contribution in [-0.4, -0.2) is 29.0 Å². The van der Waals surface area contributed by atoms with Gasteiger partial charge in [0.1, 0.15) is 5.82 Å². The predicted molar refractivity (Wildman–Crippen MR) is 111 cm³/mol. The van der Waals surface area contributed by atoms with Gasteiger partial charge in [-0.3, -0.25) is 9.78 Å². The molecule has 0 bridgehead atoms. The van der Waals surface area contributed by atoms with Crippen molar-refractivity contribution in [2.45, 2.75) is 19.3 Å². The molecule has 3 aromatic rings. The van der Waals surface area contributed by atoms with Gasteiger partial charge in [0.2, 0.25) is 0 Å². The van der Waals surface area contributed by atoms with E-state index in [1.165, 1.54) is 12.8 Å². The van der Waals surface area contributed by atoms with E-state index in [2.05, 4.69) is 15.6 Å². The summed E-state index contributed by atoms with van der Waals surface area (Å²) in [7, 11) is 0. The average Bonchev–Trinajstić information content (AvgIpc) is 3.58. The van der Waals surface area contributed by atoms with Gasteiger partial charge in [0.05, 0.1) is 11.3 Å². The van der Waals surface area contributed by atoms with Crippen molar-refractivity contribution in [3.8, 4) is 11.3 Å². The number of hydrogen-bond acceptors (Lipinski definition) is 4. The zero-order valence-electron chi connectivity index (χ0n) is 15.8. The van der Waals surface area contributed by atoms with Gasteiger partial charge < -0.3 is 10.6 Å². The lowest BCUT2D eigenvalue weighted by atomic mass is 10.1. The zero-order valence-corrected chi connectivity index (χ0v) is 15.8. The Morgan fingerprint density at radius 1 is 1.00 bits per heavy atom. The van der Waals surface area contributed by atoms with E-state index >= 15 is 0 Å². The molecule has 1 aliphatic carbocycles. The van der Waals surface area contributed by atoms with Gasteiger partial charge in [0.15, 0.2) is 0 Å². The molecule has 5 nitrogen and oxygen atoms in total. The Morgan fingerprint density at radius 2 is 1.82 bits per heavy atom. The van der Waals surface area contributed by atoms with Crippen molar-refractivity contribution in [3.63, 3.8) is 0 Å². The summed E-state index contributed by atoms with van der Waals surface area (Å²) in [4.78, 5) is 21.8. The molecule has 0 atom stereocenters. The molecule has 2 aromatic heterocycles. The average molecular weight is 372 g/mol. The number of nitrogens with zero attached hydrogens (tertiary/aromatic N) is 2. The van der Waals surface area contributed by atoms with E-state index in [1.54, 1.807) is 6.20 Å². The number of rotatable bonds is 8. The van der Waals surface area contributed by atoms with Crippen LogP contribution in [0.3, 0.4) is 0 Å². The number of carbonyl (C=O) groups excluding carboxylic acids is 1. The molecule has 0 saturated heterocycles. The Balaban J connectivity index is 1.48. The molecule has 0 unspecified atom stereocenters. The number of benzene rings is 1. The second kappa shape index (κ2) is 8.65. The molecule has 0 aliphatic heterocycles. The molecule has 1 fully saturated rings. The highest BCUT2D eigenvalue weighted by Gasteiger charge is 2.22. The number of carbonyl (C=O) groups is 1. The van der Waals surface area contributed by atoms with Crippen molar-refractivity contribution in [1.82, 2.24) is 15.3 Å². The Morgan fingerprint density at radius 3 is 2.57 bits per heavy atom. The minimum atomic E-state index is -0.110. The molecule has 4 rings (SSSR count). The SMILES string of the molecule is O=C(NCCc1ccccn1)c1ccc(-c2ccccc2)nc1NCC1CC1. The number of nitrogens with one attached hydrogen (secondary N) is 2. The van der Waals surface area contributed by atoms with Gasteiger partial charge in [-0.15, -0.1) is 0 Å². The Kier molecular flexibility index (Phi) is 5.61. The molecule has 5 heteroatoms. The molecule has 2 N–H and O–H groups in total. The van der Waals surface area contributed by atoms with Gasteiger partial charge in [-0.2, -0.15) is 0 Å². The molecule has 1 aliphatic rings.